The van der Waals surface area contributed by atoms with Gasteiger partial charge >= 0.3 is 0 Å². The minimum absolute atomic E-state index is 0.0125. The summed E-state index contributed by atoms with van der Waals surface area (Å²) in [6, 6.07) is 15.5. The van der Waals surface area contributed by atoms with Crippen LogP contribution >= 0.6 is 0 Å². The first kappa shape index (κ1) is 19.0. The Bertz CT molecular complexity index is 999. The van der Waals surface area contributed by atoms with Crippen LogP contribution in [0.2, 0.25) is 0 Å². The molecule has 7 heteroatoms. The van der Waals surface area contributed by atoms with E-state index in [2.05, 4.69) is 10.1 Å². The molecule has 1 amide bonds. The normalized spacial score (nSPS) is 18.2. The molecular formula is C22H24N4O3. The highest BCUT2D eigenvalue weighted by molar-refractivity contribution is 5.92. The van der Waals surface area contributed by atoms with Crippen LogP contribution in [0, 0.1) is 0 Å². The second-order valence-corrected chi connectivity index (χ2v) is 6.90. The van der Waals surface area contributed by atoms with Crippen molar-refractivity contribution >= 4 is 11.9 Å². The first-order chi connectivity index (χ1) is 14.2. The van der Waals surface area contributed by atoms with Crippen molar-refractivity contribution in [3.63, 3.8) is 0 Å². The third-order valence-electron chi connectivity index (χ3n) is 5.39. The van der Waals surface area contributed by atoms with E-state index in [1.54, 1.807) is 19.1 Å². The van der Waals surface area contributed by atoms with Gasteiger partial charge in [0.2, 0.25) is 11.9 Å². The van der Waals surface area contributed by atoms with Crippen LogP contribution in [0.3, 0.4) is 0 Å². The molecule has 0 spiro atoms. The molecule has 1 aromatic heterocycles. The van der Waals surface area contributed by atoms with Crippen molar-refractivity contribution in [2.75, 3.05) is 19.1 Å². The summed E-state index contributed by atoms with van der Waals surface area (Å²) in [5.74, 6) is 2.14. The number of benzene rings is 2. The molecule has 1 aliphatic rings. The molecule has 1 aliphatic heterocycles. The first-order valence-electron chi connectivity index (χ1n) is 9.66. The molecule has 0 aliphatic carbocycles. The van der Waals surface area contributed by atoms with Crippen LogP contribution in [0.1, 0.15) is 43.0 Å². The summed E-state index contributed by atoms with van der Waals surface area (Å²) >= 11 is 0. The number of fused-ring (bicyclic) bond motifs is 1. The first-order valence-corrected chi connectivity index (χ1v) is 9.66. The third kappa shape index (κ3) is 3.33. The van der Waals surface area contributed by atoms with Crippen molar-refractivity contribution in [2.24, 2.45) is 0 Å². The Balaban J connectivity index is 1.84. The fraction of sp³-hybridized carbons (Fsp3) is 0.318. The van der Waals surface area contributed by atoms with Crippen LogP contribution in [0.15, 0.2) is 54.9 Å². The van der Waals surface area contributed by atoms with E-state index in [1.165, 1.54) is 6.33 Å². The second-order valence-electron chi connectivity index (χ2n) is 6.90. The molecule has 4 rings (SSSR count). The van der Waals surface area contributed by atoms with Gasteiger partial charge in [-0.15, -0.1) is 0 Å². The molecule has 2 atom stereocenters. The SMILES string of the molecule is CCC(=O)N1c2ncnn2C(c2ccccc2OC)CC1c1ccc(OC)cc1. The van der Waals surface area contributed by atoms with Crippen molar-refractivity contribution in [1.82, 2.24) is 14.8 Å². The highest BCUT2D eigenvalue weighted by Crippen LogP contribution is 2.44. The summed E-state index contributed by atoms with van der Waals surface area (Å²) < 4.78 is 12.7. The average Bonchev–Trinajstić information content (AvgIpc) is 3.27. The zero-order valence-electron chi connectivity index (χ0n) is 16.8. The Hall–Kier alpha value is -3.35. The van der Waals surface area contributed by atoms with E-state index < -0.39 is 0 Å². The van der Waals surface area contributed by atoms with Crippen LogP contribution in [0.25, 0.3) is 0 Å². The lowest BCUT2D eigenvalue weighted by atomic mass is 9.91. The van der Waals surface area contributed by atoms with Gasteiger partial charge in [0.05, 0.1) is 26.3 Å². The van der Waals surface area contributed by atoms with E-state index in [0.717, 1.165) is 22.6 Å². The molecule has 2 aromatic carbocycles. The fourth-order valence-electron chi connectivity index (χ4n) is 3.96. The number of nitrogens with zero attached hydrogens (tertiary/aromatic N) is 4. The number of hydrogen-bond donors (Lipinski definition) is 0. The molecule has 7 nitrogen and oxygen atoms in total. The molecule has 29 heavy (non-hydrogen) atoms. The van der Waals surface area contributed by atoms with E-state index in [-0.39, 0.29) is 18.0 Å². The summed E-state index contributed by atoms with van der Waals surface area (Å²) in [6.45, 7) is 1.86. The molecule has 3 aromatic rings. The molecule has 2 unspecified atom stereocenters. The molecule has 150 valence electrons. The maximum absolute atomic E-state index is 12.9. The van der Waals surface area contributed by atoms with Crippen molar-refractivity contribution < 1.29 is 14.3 Å². The van der Waals surface area contributed by atoms with Crippen molar-refractivity contribution in [3.05, 3.63) is 66.0 Å². The van der Waals surface area contributed by atoms with Gasteiger partial charge in [-0.25, -0.2) is 4.68 Å². The molecule has 0 saturated carbocycles. The summed E-state index contributed by atoms with van der Waals surface area (Å²) in [4.78, 5) is 19.1. The summed E-state index contributed by atoms with van der Waals surface area (Å²) in [5.41, 5.74) is 2.05. The van der Waals surface area contributed by atoms with Crippen LogP contribution < -0.4 is 14.4 Å². The fourth-order valence-corrected chi connectivity index (χ4v) is 3.96. The predicted octanol–water partition coefficient (Wildman–Crippen LogP) is 3.77. The average molecular weight is 392 g/mol. The lowest BCUT2D eigenvalue weighted by Gasteiger charge is -2.39. The highest BCUT2D eigenvalue weighted by atomic mass is 16.5. The van der Waals surface area contributed by atoms with Gasteiger partial charge in [0.1, 0.15) is 17.8 Å². The van der Waals surface area contributed by atoms with Crippen molar-refractivity contribution in [1.29, 1.82) is 0 Å². The maximum Gasteiger partial charge on any atom is 0.231 e. The zero-order valence-corrected chi connectivity index (χ0v) is 16.8. The highest BCUT2D eigenvalue weighted by Gasteiger charge is 2.39. The Morgan fingerprint density at radius 1 is 1.07 bits per heavy atom. The van der Waals surface area contributed by atoms with Gasteiger partial charge in [0.15, 0.2) is 0 Å². The number of ether oxygens (including phenoxy) is 2. The van der Waals surface area contributed by atoms with Gasteiger partial charge in [-0.05, 0) is 30.2 Å². The van der Waals surface area contributed by atoms with E-state index in [1.807, 2.05) is 60.1 Å². The summed E-state index contributed by atoms with van der Waals surface area (Å²) in [7, 11) is 3.31. The Kier molecular flexibility index (Phi) is 5.20. The monoisotopic (exact) mass is 392 g/mol. The number of carbonyl (C=O) groups excluding carboxylic acids is 1. The minimum Gasteiger partial charge on any atom is -0.497 e. The minimum atomic E-state index is -0.167. The molecular weight excluding hydrogens is 368 g/mol. The number of anilines is 1. The summed E-state index contributed by atoms with van der Waals surface area (Å²) in [6.07, 6.45) is 2.55. The largest absolute Gasteiger partial charge is 0.497 e. The predicted molar refractivity (Wildman–Crippen MR) is 109 cm³/mol. The van der Waals surface area contributed by atoms with E-state index in [4.69, 9.17) is 9.47 Å². The molecule has 0 fully saturated rings. The van der Waals surface area contributed by atoms with Crippen LogP contribution in [0.5, 0.6) is 11.5 Å². The quantitative estimate of drug-likeness (QED) is 0.661. The van der Waals surface area contributed by atoms with Gasteiger partial charge in [0, 0.05) is 12.0 Å². The van der Waals surface area contributed by atoms with Crippen LogP contribution in [-0.4, -0.2) is 34.9 Å². The maximum atomic E-state index is 12.9. The smallest absolute Gasteiger partial charge is 0.231 e. The van der Waals surface area contributed by atoms with Gasteiger partial charge in [0.25, 0.3) is 0 Å². The van der Waals surface area contributed by atoms with Crippen LogP contribution in [0.4, 0.5) is 5.95 Å². The van der Waals surface area contributed by atoms with Crippen LogP contribution in [-0.2, 0) is 4.79 Å². The summed E-state index contributed by atoms with van der Waals surface area (Å²) in [5, 5.41) is 4.45. The number of methoxy groups -OCH3 is 2. The second kappa shape index (κ2) is 7.95. The molecule has 0 radical (unpaired) electrons. The zero-order chi connectivity index (χ0) is 20.4. The Morgan fingerprint density at radius 2 is 1.83 bits per heavy atom. The number of amides is 1. The lowest BCUT2D eigenvalue weighted by Crippen LogP contribution is -2.42. The van der Waals surface area contributed by atoms with Gasteiger partial charge in [-0.3, -0.25) is 9.69 Å². The van der Waals surface area contributed by atoms with Gasteiger partial charge < -0.3 is 9.47 Å². The molecule has 2 heterocycles. The number of aromatic nitrogens is 3. The molecule has 0 N–H and O–H groups in total. The molecule has 0 saturated heterocycles. The molecule has 0 bridgehead atoms. The number of rotatable bonds is 5. The topological polar surface area (TPSA) is 69.5 Å². The number of carbonyl (C=O) groups is 1. The number of hydrogen-bond acceptors (Lipinski definition) is 5. The third-order valence-corrected chi connectivity index (χ3v) is 5.39. The Labute approximate surface area is 169 Å². The van der Waals surface area contributed by atoms with Gasteiger partial charge in [-0.1, -0.05) is 37.3 Å². The van der Waals surface area contributed by atoms with Crippen molar-refractivity contribution in [3.8, 4) is 11.5 Å². The standard InChI is InChI=1S/C22H24N4O3/c1-4-21(27)25-18(15-9-11-16(28-2)12-10-15)13-19(26-22(25)23-14-24-26)17-7-5-6-8-20(17)29-3/h5-12,14,18-19H,4,13H2,1-3H3. The van der Waals surface area contributed by atoms with E-state index in [0.29, 0.717) is 18.8 Å². The number of para-hydroxylation sites is 1. The van der Waals surface area contributed by atoms with E-state index in [9.17, 15) is 4.79 Å². The van der Waals surface area contributed by atoms with Crippen molar-refractivity contribution in [2.45, 2.75) is 31.8 Å². The van der Waals surface area contributed by atoms with Gasteiger partial charge in [-0.2, -0.15) is 10.1 Å². The van der Waals surface area contributed by atoms with E-state index >= 15 is 0 Å². The lowest BCUT2D eigenvalue weighted by molar-refractivity contribution is -0.119. The Morgan fingerprint density at radius 3 is 2.52 bits per heavy atom.